The number of rotatable bonds is 6. The second-order valence-corrected chi connectivity index (χ2v) is 10.7. The molecule has 0 radical (unpaired) electrons. The summed E-state index contributed by atoms with van der Waals surface area (Å²) in [7, 11) is -7.57. The van der Waals surface area contributed by atoms with Gasteiger partial charge in [-0.3, -0.25) is 4.79 Å². The topological polar surface area (TPSA) is 110 Å². The second-order valence-electron chi connectivity index (χ2n) is 6.51. The third kappa shape index (κ3) is 4.53. The summed E-state index contributed by atoms with van der Waals surface area (Å²) in [4.78, 5) is 12.4. The lowest BCUT2D eigenvalue weighted by Crippen LogP contribution is -2.40. The molecule has 0 bridgehead atoms. The average molecular weight is 457 g/mol. The summed E-state index contributed by atoms with van der Waals surface area (Å²) in [5.74, 6) is -2.06. The molecule has 0 spiro atoms. The van der Waals surface area contributed by atoms with Crippen molar-refractivity contribution >= 4 is 31.5 Å². The lowest BCUT2D eigenvalue weighted by atomic mass is 10.2. The maximum absolute atomic E-state index is 14.3. The summed E-state index contributed by atoms with van der Waals surface area (Å²) >= 11 is 0. The number of hydrogen-bond donors (Lipinski definition) is 1. The zero-order valence-electron chi connectivity index (χ0n) is 16.2. The third-order valence-electron chi connectivity index (χ3n) is 4.64. The fourth-order valence-electron chi connectivity index (χ4n) is 2.96. The Morgan fingerprint density at radius 2 is 1.77 bits per heavy atom. The van der Waals surface area contributed by atoms with E-state index in [1.165, 1.54) is 35.5 Å². The fraction of sp³-hybridized carbons (Fsp3) is 0.316. The second kappa shape index (κ2) is 8.80. The number of carbonyl (C=O) groups is 1. The lowest BCUT2D eigenvalue weighted by Gasteiger charge is -2.26. The van der Waals surface area contributed by atoms with Crippen molar-refractivity contribution in [2.75, 3.05) is 37.4 Å². The zero-order valence-corrected chi connectivity index (χ0v) is 17.8. The van der Waals surface area contributed by atoms with Gasteiger partial charge in [0.05, 0.1) is 40.0 Å². The summed E-state index contributed by atoms with van der Waals surface area (Å²) in [6.07, 6.45) is 0. The first-order chi connectivity index (χ1) is 14.2. The Morgan fingerprint density at radius 1 is 1.10 bits per heavy atom. The van der Waals surface area contributed by atoms with Crippen LogP contribution in [0.15, 0.2) is 52.3 Å². The first-order valence-electron chi connectivity index (χ1n) is 9.17. The molecule has 1 aliphatic heterocycles. The molecule has 2 aromatic carbocycles. The van der Waals surface area contributed by atoms with Crippen molar-refractivity contribution in [1.82, 2.24) is 4.31 Å². The van der Waals surface area contributed by atoms with Gasteiger partial charge in [0.1, 0.15) is 5.82 Å². The smallest absolute Gasteiger partial charge is 0.258 e. The van der Waals surface area contributed by atoms with E-state index in [2.05, 4.69) is 5.32 Å². The monoisotopic (exact) mass is 456 g/mol. The Labute approximate surface area is 174 Å². The summed E-state index contributed by atoms with van der Waals surface area (Å²) in [6.45, 7) is 2.27. The number of sulfonamides is 1. The molecule has 0 aromatic heterocycles. The maximum atomic E-state index is 14.3. The molecule has 162 valence electrons. The zero-order chi connectivity index (χ0) is 21.9. The highest BCUT2D eigenvalue weighted by Crippen LogP contribution is 2.25. The Kier molecular flexibility index (Phi) is 6.56. The maximum Gasteiger partial charge on any atom is 0.258 e. The number of halogens is 1. The van der Waals surface area contributed by atoms with Gasteiger partial charge >= 0.3 is 0 Å². The molecule has 1 heterocycles. The number of anilines is 1. The highest BCUT2D eigenvalue weighted by Gasteiger charge is 2.28. The third-order valence-corrected chi connectivity index (χ3v) is 8.32. The van der Waals surface area contributed by atoms with E-state index in [9.17, 15) is 26.0 Å². The van der Waals surface area contributed by atoms with Crippen LogP contribution in [0.4, 0.5) is 10.1 Å². The minimum absolute atomic E-state index is 0.00908. The molecule has 1 N–H and O–H groups in total. The average Bonchev–Trinajstić information content (AvgIpc) is 2.74. The molecule has 1 saturated heterocycles. The number of sulfone groups is 1. The Bertz CT molecular complexity index is 1160. The molecular formula is C19H21FN2O6S2. The van der Waals surface area contributed by atoms with Crippen molar-refractivity contribution in [3.8, 4) is 0 Å². The normalized spacial score (nSPS) is 15.7. The van der Waals surface area contributed by atoms with Gasteiger partial charge in [-0.05, 0) is 30.3 Å². The van der Waals surface area contributed by atoms with Gasteiger partial charge < -0.3 is 10.1 Å². The van der Waals surface area contributed by atoms with Crippen LogP contribution in [0.3, 0.4) is 0 Å². The van der Waals surface area contributed by atoms with E-state index in [0.29, 0.717) is 0 Å². The molecule has 1 aliphatic rings. The molecular weight excluding hydrogens is 435 g/mol. The minimum Gasteiger partial charge on any atom is -0.379 e. The van der Waals surface area contributed by atoms with Crippen LogP contribution in [0.5, 0.6) is 0 Å². The van der Waals surface area contributed by atoms with Crippen LogP contribution < -0.4 is 5.32 Å². The van der Waals surface area contributed by atoms with E-state index in [1.807, 2.05) is 0 Å². The van der Waals surface area contributed by atoms with E-state index in [4.69, 9.17) is 4.74 Å². The fourth-order valence-corrected chi connectivity index (χ4v) is 5.45. The predicted molar refractivity (Wildman–Crippen MR) is 108 cm³/mol. The van der Waals surface area contributed by atoms with Gasteiger partial charge in [-0.2, -0.15) is 4.31 Å². The number of nitrogens with zero attached hydrogens (tertiary/aromatic N) is 1. The van der Waals surface area contributed by atoms with Crippen molar-refractivity contribution in [2.45, 2.75) is 16.7 Å². The van der Waals surface area contributed by atoms with E-state index in [1.54, 1.807) is 0 Å². The van der Waals surface area contributed by atoms with Crippen molar-refractivity contribution in [3.63, 3.8) is 0 Å². The van der Waals surface area contributed by atoms with Crippen LogP contribution in [0.25, 0.3) is 0 Å². The van der Waals surface area contributed by atoms with Crippen LogP contribution in [0.2, 0.25) is 0 Å². The van der Waals surface area contributed by atoms with Gasteiger partial charge in [0.15, 0.2) is 9.84 Å². The van der Waals surface area contributed by atoms with E-state index >= 15 is 0 Å². The number of ether oxygens (including phenoxy) is 1. The van der Waals surface area contributed by atoms with Gasteiger partial charge in [0.25, 0.3) is 5.91 Å². The van der Waals surface area contributed by atoms with Crippen molar-refractivity contribution in [1.29, 1.82) is 0 Å². The number of nitrogens with one attached hydrogen (secondary N) is 1. The Morgan fingerprint density at radius 3 is 2.43 bits per heavy atom. The van der Waals surface area contributed by atoms with Gasteiger partial charge in [-0.1, -0.05) is 19.1 Å². The molecule has 30 heavy (non-hydrogen) atoms. The molecule has 2 aromatic rings. The molecule has 0 atom stereocenters. The van der Waals surface area contributed by atoms with Crippen molar-refractivity contribution < 1.29 is 30.8 Å². The molecule has 8 nitrogen and oxygen atoms in total. The van der Waals surface area contributed by atoms with E-state index < -0.39 is 37.1 Å². The van der Waals surface area contributed by atoms with Gasteiger partial charge in [-0.15, -0.1) is 0 Å². The van der Waals surface area contributed by atoms with Crippen molar-refractivity contribution in [2.24, 2.45) is 0 Å². The summed E-state index contributed by atoms with van der Waals surface area (Å²) in [5, 5.41) is 2.38. The Balaban J connectivity index is 1.94. The van der Waals surface area contributed by atoms with Crippen LogP contribution in [0, 0.1) is 5.82 Å². The summed E-state index contributed by atoms with van der Waals surface area (Å²) in [5.41, 5.74) is -0.516. The number of benzene rings is 2. The highest BCUT2D eigenvalue weighted by atomic mass is 32.2. The first-order valence-corrected chi connectivity index (χ1v) is 12.3. The molecule has 11 heteroatoms. The van der Waals surface area contributed by atoms with Gasteiger partial charge in [0, 0.05) is 13.1 Å². The minimum atomic E-state index is -3.93. The number of carbonyl (C=O) groups excluding carboxylic acids is 1. The predicted octanol–water partition coefficient (Wildman–Crippen LogP) is 1.89. The first kappa shape index (κ1) is 22.3. The van der Waals surface area contributed by atoms with Crippen LogP contribution >= 0.6 is 0 Å². The summed E-state index contributed by atoms with van der Waals surface area (Å²) in [6, 6.07) is 8.70. The molecule has 0 aliphatic carbocycles. The molecule has 1 amide bonds. The van der Waals surface area contributed by atoms with E-state index in [-0.39, 0.29) is 47.5 Å². The Hall–Kier alpha value is -2.34. The van der Waals surface area contributed by atoms with Crippen LogP contribution in [-0.2, 0) is 24.6 Å². The van der Waals surface area contributed by atoms with Gasteiger partial charge in [0.2, 0.25) is 10.0 Å². The quantitative estimate of drug-likeness (QED) is 0.711. The molecule has 1 fully saturated rings. The molecule has 0 saturated carbocycles. The molecule has 3 rings (SSSR count). The number of para-hydroxylation sites is 1. The standard InChI is InChI=1S/C19H21FN2O6S2/c1-2-29(24,25)18-6-4-3-5-17(18)21-19(23)15-13-14(7-8-16(15)20)30(26,27)22-9-11-28-12-10-22/h3-8,13H,2,9-12H2,1H3,(H,21,23). The van der Waals surface area contributed by atoms with Crippen LogP contribution in [-0.4, -0.2) is 59.1 Å². The number of amides is 1. The highest BCUT2D eigenvalue weighted by molar-refractivity contribution is 7.91. The van der Waals surface area contributed by atoms with Crippen molar-refractivity contribution in [3.05, 3.63) is 53.8 Å². The lowest BCUT2D eigenvalue weighted by molar-refractivity contribution is 0.0730. The number of morpholine rings is 1. The van der Waals surface area contributed by atoms with E-state index in [0.717, 1.165) is 18.2 Å². The number of hydrogen-bond acceptors (Lipinski definition) is 6. The SMILES string of the molecule is CCS(=O)(=O)c1ccccc1NC(=O)c1cc(S(=O)(=O)N2CCOCC2)ccc1F. The largest absolute Gasteiger partial charge is 0.379 e. The van der Waals surface area contributed by atoms with Gasteiger partial charge in [-0.25, -0.2) is 21.2 Å². The molecule has 0 unspecified atom stereocenters. The van der Waals surface area contributed by atoms with Crippen LogP contribution in [0.1, 0.15) is 17.3 Å². The summed E-state index contributed by atoms with van der Waals surface area (Å²) < 4.78 is 70.8.